The van der Waals surface area contributed by atoms with E-state index < -0.39 is 0 Å². The van der Waals surface area contributed by atoms with Gasteiger partial charge in [0.15, 0.2) is 0 Å². The number of hydrogen-bond acceptors (Lipinski definition) is 4. The molecule has 1 aromatic carbocycles. The lowest BCUT2D eigenvalue weighted by Crippen LogP contribution is -2.48. The first-order valence-corrected chi connectivity index (χ1v) is 9.24. The van der Waals surface area contributed by atoms with E-state index in [2.05, 4.69) is 29.3 Å². The van der Waals surface area contributed by atoms with Gasteiger partial charge in [0.05, 0.1) is 18.7 Å². The summed E-state index contributed by atoms with van der Waals surface area (Å²) in [5, 5.41) is 7.22. The topological polar surface area (TPSA) is 59.4 Å². The summed E-state index contributed by atoms with van der Waals surface area (Å²) in [5.74, 6) is 1.01. The van der Waals surface area contributed by atoms with Crippen molar-refractivity contribution in [1.29, 1.82) is 0 Å². The normalized spacial score (nSPS) is 20.7. The van der Waals surface area contributed by atoms with E-state index >= 15 is 0 Å². The van der Waals surface area contributed by atoms with Crippen LogP contribution in [0.4, 0.5) is 0 Å². The standard InChI is InChI=1S/C20H28N4O2/c1-15-19(8-5-10-23(15)2)20(25)21-9-11-26-18-7-4-6-16(12-18)17-13-22-24(3)14-17/h4,6-7,12-15,19H,5,8-11H2,1-3H3,(H,21,25)/t15-,19-/m0/s1. The van der Waals surface area contributed by atoms with Crippen molar-refractivity contribution in [2.45, 2.75) is 25.8 Å². The summed E-state index contributed by atoms with van der Waals surface area (Å²) >= 11 is 0. The lowest BCUT2D eigenvalue weighted by atomic mass is 9.90. The first-order chi connectivity index (χ1) is 12.5. The molecular formula is C20H28N4O2. The Balaban J connectivity index is 1.47. The van der Waals surface area contributed by atoms with Gasteiger partial charge >= 0.3 is 0 Å². The molecule has 2 heterocycles. The van der Waals surface area contributed by atoms with Gasteiger partial charge in [-0.3, -0.25) is 9.48 Å². The Morgan fingerprint density at radius 3 is 2.96 bits per heavy atom. The number of ether oxygens (including phenoxy) is 1. The van der Waals surface area contributed by atoms with E-state index in [9.17, 15) is 4.79 Å². The smallest absolute Gasteiger partial charge is 0.224 e. The highest BCUT2D eigenvalue weighted by Crippen LogP contribution is 2.24. The summed E-state index contributed by atoms with van der Waals surface area (Å²) in [6.45, 7) is 4.17. The van der Waals surface area contributed by atoms with Crippen LogP contribution in [0.3, 0.4) is 0 Å². The van der Waals surface area contributed by atoms with E-state index in [0.29, 0.717) is 19.2 Å². The van der Waals surface area contributed by atoms with Crippen molar-refractivity contribution >= 4 is 5.91 Å². The van der Waals surface area contributed by atoms with Crippen LogP contribution in [0.1, 0.15) is 19.8 Å². The van der Waals surface area contributed by atoms with Crippen LogP contribution in [0.15, 0.2) is 36.7 Å². The predicted octanol–water partition coefficient (Wildman–Crippen LogP) is 2.31. The van der Waals surface area contributed by atoms with Crippen LogP contribution < -0.4 is 10.1 Å². The van der Waals surface area contributed by atoms with Gasteiger partial charge in [-0.1, -0.05) is 12.1 Å². The molecule has 140 valence electrons. The van der Waals surface area contributed by atoms with E-state index in [-0.39, 0.29) is 11.8 Å². The third-order valence-electron chi connectivity index (χ3n) is 5.18. The van der Waals surface area contributed by atoms with Crippen LogP contribution in [-0.2, 0) is 11.8 Å². The molecule has 1 aliphatic heterocycles. The molecule has 6 heteroatoms. The number of carbonyl (C=O) groups excluding carboxylic acids is 1. The summed E-state index contributed by atoms with van der Waals surface area (Å²) in [6, 6.07) is 8.22. The van der Waals surface area contributed by atoms with E-state index in [4.69, 9.17) is 4.74 Å². The van der Waals surface area contributed by atoms with Crippen molar-refractivity contribution in [2.75, 3.05) is 26.7 Å². The Labute approximate surface area is 155 Å². The number of hydrogen-bond donors (Lipinski definition) is 1. The summed E-state index contributed by atoms with van der Waals surface area (Å²) in [7, 11) is 3.99. The number of piperidine rings is 1. The largest absolute Gasteiger partial charge is 0.492 e. The summed E-state index contributed by atoms with van der Waals surface area (Å²) in [6.07, 6.45) is 5.85. The quantitative estimate of drug-likeness (QED) is 0.807. The maximum Gasteiger partial charge on any atom is 0.224 e. The maximum atomic E-state index is 12.4. The molecule has 1 saturated heterocycles. The molecule has 0 aliphatic carbocycles. The van der Waals surface area contributed by atoms with E-state index in [1.54, 1.807) is 4.68 Å². The van der Waals surface area contributed by atoms with Crippen molar-refractivity contribution in [3.05, 3.63) is 36.7 Å². The number of aromatic nitrogens is 2. The number of nitrogens with zero attached hydrogens (tertiary/aromatic N) is 3. The molecule has 1 aromatic heterocycles. The Hall–Kier alpha value is -2.34. The van der Waals surface area contributed by atoms with Gasteiger partial charge in [-0.2, -0.15) is 5.10 Å². The summed E-state index contributed by atoms with van der Waals surface area (Å²) in [5.41, 5.74) is 2.13. The van der Waals surface area contributed by atoms with Gasteiger partial charge in [-0.25, -0.2) is 0 Å². The highest BCUT2D eigenvalue weighted by Gasteiger charge is 2.30. The van der Waals surface area contributed by atoms with E-state index in [1.165, 1.54) is 0 Å². The SMILES string of the molecule is C[C@H]1[C@@H](C(=O)NCCOc2cccc(-c3cnn(C)c3)c2)CCCN1C. The molecule has 26 heavy (non-hydrogen) atoms. The molecule has 0 unspecified atom stereocenters. The van der Waals surface area contributed by atoms with E-state index in [1.807, 2.05) is 43.7 Å². The average molecular weight is 356 g/mol. The molecule has 0 saturated carbocycles. The highest BCUT2D eigenvalue weighted by atomic mass is 16.5. The van der Waals surface area contributed by atoms with Crippen LogP contribution in [0.2, 0.25) is 0 Å². The highest BCUT2D eigenvalue weighted by molar-refractivity contribution is 5.79. The lowest BCUT2D eigenvalue weighted by molar-refractivity contribution is -0.128. The molecule has 1 amide bonds. The van der Waals surface area contributed by atoms with E-state index in [0.717, 1.165) is 36.3 Å². The zero-order chi connectivity index (χ0) is 18.5. The number of carbonyl (C=O) groups is 1. The molecule has 6 nitrogen and oxygen atoms in total. The Kier molecular flexibility index (Phi) is 5.93. The minimum Gasteiger partial charge on any atom is -0.492 e. The van der Waals surface area contributed by atoms with Gasteiger partial charge in [0.2, 0.25) is 5.91 Å². The molecular weight excluding hydrogens is 328 g/mol. The Bertz CT molecular complexity index is 743. The molecule has 2 atom stereocenters. The fourth-order valence-corrected chi connectivity index (χ4v) is 3.47. The lowest BCUT2D eigenvalue weighted by Gasteiger charge is -2.35. The van der Waals surface area contributed by atoms with Crippen molar-refractivity contribution in [3.8, 4) is 16.9 Å². The molecule has 0 bridgehead atoms. The zero-order valence-electron chi connectivity index (χ0n) is 15.8. The number of nitrogens with one attached hydrogen (secondary N) is 1. The fourth-order valence-electron chi connectivity index (χ4n) is 3.47. The predicted molar refractivity (Wildman–Crippen MR) is 102 cm³/mol. The second kappa shape index (κ2) is 8.36. The van der Waals surface area contributed by atoms with Crippen LogP contribution in [0.25, 0.3) is 11.1 Å². The number of benzene rings is 1. The Morgan fingerprint density at radius 2 is 2.19 bits per heavy atom. The zero-order valence-corrected chi connectivity index (χ0v) is 15.8. The molecule has 0 radical (unpaired) electrons. The minimum atomic E-state index is 0.0719. The van der Waals surface area contributed by atoms with Crippen molar-refractivity contribution in [2.24, 2.45) is 13.0 Å². The maximum absolute atomic E-state index is 12.4. The molecule has 1 fully saturated rings. The first-order valence-electron chi connectivity index (χ1n) is 9.24. The monoisotopic (exact) mass is 356 g/mol. The fraction of sp³-hybridized carbons (Fsp3) is 0.500. The Morgan fingerprint density at radius 1 is 1.35 bits per heavy atom. The van der Waals surface area contributed by atoms with Gasteiger partial charge in [-0.05, 0) is 51.1 Å². The molecule has 0 spiro atoms. The van der Waals surface area contributed by atoms with Crippen LogP contribution in [0, 0.1) is 5.92 Å². The van der Waals surface area contributed by atoms with Gasteiger partial charge in [-0.15, -0.1) is 0 Å². The number of amides is 1. The molecule has 1 N–H and O–H groups in total. The van der Waals surface area contributed by atoms with Crippen molar-refractivity contribution < 1.29 is 9.53 Å². The summed E-state index contributed by atoms with van der Waals surface area (Å²) < 4.78 is 7.59. The van der Waals surface area contributed by atoms with Gasteiger partial charge in [0, 0.05) is 24.8 Å². The van der Waals surface area contributed by atoms with Crippen LogP contribution in [0.5, 0.6) is 5.75 Å². The number of aryl methyl sites for hydroxylation is 1. The number of rotatable bonds is 6. The second-order valence-electron chi connectivity index (χ2n) is 7.04. The minimum absolute atomic E-state index is 0.0719. The molecule has 3 rings (SSSR count). The third-order valence-corrected chi connectivity index (χ3v) is 5.18. The van der Waals surface area contributed by atoms with Crippen LogP contribution in [-0.4, -0.2) is 53.4 Å². The van der Waals surface area contributed by atoms with Crippen LogP contribution >= 0.6 is 0 Å². The second-order valence-corrected chi connectivity index (χ2v) is 7.04. The molecule has 1 aliphatic rings. The van der Waals surface area contributed by atoms with Gasteiger partial charge in [0.1, 0.15) is 12.4 Å². The number of likely N-dealkylation sites (tertiary alicyclic amines) is 1. The van der Waals surface area contributed by atoms with Gasteiger partial charge < -0.3 is 15.0 Å². The first kappa shape index (κ1) is 18.5. The van der Waals surface area contributed by atoms with Gasteiger partial charge in [0.25, 0.3) is 0 Å². The van der Waals surface area contributed by atoms with Crippen molar-refractivity contribution in [3.63, 3.8) is 0 Å². The third kappa shape index (κ3) is 4.43. The summed E-state index contributed by atoms with van der Waals surface area (Å²) in [4.78, 5) is 14.7. The molecule has 2 aromatic rings. The van der Waals surface area contributed by atoms with Crippen molar-refractivity contribution in [1.82, 2.24) is 20.0 Å². The average Bonchev–Trinajstić information content (AvgIpc) is 3.07.